The van der Waals surface area contributed by atoms with Gasteiger partial charge in [0.25, 0.3) is 0 Å². The van der Waals surface area contributed by atoms with E-state index in [1.807, 2.05) is 54.6 Å². The summed E-state index contributed by atoms with van der Waals surface area (Å²) in [6.45, 7) is 1.40. The molecule has 2 heterocycles. The minimum Gasteiger partial charge on any atom is -0.478 e. The van der Waals surface area contributed by atoms with Crippen molar-refractivity contribution in [1.29, 1.82) is 0 Å². The Morgan fingerprint density at radius 2 is 1.83 bits per heavy atom. The summed E-state index contributed by atoms with van der Waals surface area (Å²) in [5.41, 5.74) is 2.72. The van der Waals surface area contributed by atoms with Crippen LogP contribution in [0.5, 0.6) is 11.5 Å². The molecule has 1 fully saturated rings. The van der Waals surface area contributed by atoms with Crippen molar-refractivity contribution in [1.82, 2.24) is 4.90 Å². The molecule has 1 saturated carbocycles. The predicted molar refractivity (Wildman–Crippen MR) is 113 cm³/mol. The lowest BCUT2D eigenvalue weighted by Crippen LogP contribution is -2.41. The summed E-state index contributed by atoms with van der Waals surface area (Å²) >= 11 is 0. The molecular weight excluding hydrogens is 362 g/mol. The highest BCUT2D eigenvalue weighted by molar-refractivity contribution is 6.13. The first-order chi connectivity index (χ1) is 14.3. The van der Waals surface area contributed by atoms with Crippen LogP contribution in [0.15, 0.2) is 60.4 Å². The van der Waals surface area contributed by atoms with Crippen molar-refractivity contribution in [3.05, 3.63) is 77.1 Å². The Labute approximate surface area is 171 Å². The fourth-order valence-corrected chi connectivity index (χ4v) is 4.48. The number of carbonyl (C=O) groups is 1. The third kappa shape index (κ3) is 3.60. The third-order valence-electron chi connectivity index (χ3n) is 6.07. The van der Waals surface area contributed by atoms with Crippen LogP contribution in [0, 0.1) is 0 Å². The van der Waals surface area contributed by atoms with Crippen molar-refractivity contribution in [2.24, 2.45) is 0 Å². The second-order valence-corrected chi connectivity index (χ2v) is 7.96. The van der Waals surface area contributed by atoms with Crippen LogP contribution in [0.2, 0.25) is 0 Å². The van der Waals surface area contributed by atoms with Crippen molar-refractivity contribution in [3.8, 4) is 11.5 Å². The topological polar surface area (TPSA) is 38.8 Å². The minimum atomic E-state index is -0.0599. The van der Waals surface area contributed by atoms with Gasteiger partial charge in [-0.1, -0.05) is 61.7 Å². The molecule has 0 unspecified atom stereocenters. The van der Waals surface area contributed by atoms with Gasteiger partial charge in [-0.05, 0) is 36.6 Å². The van der Waals surface area contributed by atoms with Gasteiger partial charge in [-0.2, -0.15) is 0 Å². The molecule has 0 radical (unpaired) electrons. The van der Waals surface area contributed by atoms with Gasteiger partial charge in [0.05, 0.1) is 11.1 Å². The Kier molecular flexibility index (Phi) is 4.94. The maximum Gasteiger partial charge on any atom is 0.231 e. The number of benzene rings is 2. The lowest BCUT2D eigenvalue weighted by Gasteiger charge is -2.37. The van der Waals surface area contributed by atoms with Crippen LogP contribution < -0.4 is 9.47 Å². The number of fused-ring (bicyclic) bond motifs is 3. The molecule has 4 heteroatoms. The number of allylic oxidation sites excluding steroid dienone is 3. The van der Waals surface area contributed by atoms with Crippen LogP contribution in [-0.2, 0) is 6.54 Å². The summed E-state index contributed by atoms with van der Waals surface area (Å²) in [7, 11) is 0. The Morgan fingerprint density at radius 3 is 2.66 bits per heavy atom. The van der Waals surface area contributed by atoms with Crippen molar-refractivity contribution >= 4 is 11.9 Å². The molecule has 3 aliphatic rings. The quantitative estimate of drug-likeness (QED) is 0.666. The van der Waals surface area contributed by atoms with Gasteiger partial charge in [-0.3, -0.25) is 9.69 Å². The molecule has 2 aromatic carbocycles. The zero-order valence-corrected chi connectivity index (χ0v) is 16.5. The summed E-state index contributed by atoms with van der Waals surface area (Å²) in [5, 5.41) is 0. The minimum absolute atomic E-state index is 0.0599. The number of rotatable bonds is 3. The van der Waals surface area contributed by atoms with Gasteiger partial charge in [-0.15, -0.1) is 0 Å². The molecule has 148 valence electrons. The fourth-order valence-electron chi connectivity index (χ4n) is 4.48. The van der Waals surface area contributed by atoms with Gasteiger partial charge >= 0.3 is 0 Å². The zero-order valence-electron chi connectivity index (χ0n) is 16.5. The molecular formula is C25H25NO3. The van der Waals surface area contributed by atoms with Gasteiger partial charge in [0.1, 0.15) is 18.2 Å². The third-order valence-corrected chi connectivity index (χ3v) is 6.07. The summed E-state index contributed by atoms with van der Waals surface area (Å²) in [5.74, 6) is 1.82. The van der Waals surface area contributed by atoms with Crippen molar-refractivity contribution in [2.45, 2.75) is 44.7 Å². The molecule has 0 amide bonds. The molecule has 0 N–H and O–H groups in total. The number of carbonyl (C=O) groups excluding carboxylic acids is 1. The number of ketones is 1. The molecule has 2 aliphatic heterocycles. The Hall–Kier alpha value is -2.85. The first-order valence-electron chi connectivity index (χ1n) is 10.5. The normalized spacial score (nSPS) is 21.1. The fraction of sp³-hybridized carbons (Fsp3) is 0.320. The predicted octanol–water partition coefficient (Wildman–Crippen LogP) is 5.34. The van der Waals surface area contributed by atoms with Crippen LogP contribution in [0.1, 0.15) is 53.6 Å². The number of ether oxygens (including phenoxy) is 2. The van der Waals surface area contributed by atoms with Crippen molar-refractivity contribution in [3.63, 3.8) is 0 Å². The second kappa shape index (κ2) is 7.88. The van der Waals surface area contributed by atoms with Gasteiger partial charge in [0.2, 0.25) is 5.78 Å². The van der Waals surface area contributed by atoms with Crippen molar-refractivity contribution in [2.75, 3.05) is 6.73 Å². The SMILES string of the molecule is O=C1/C(=C\C=C\c2ccccc2)Oc2c1ccc1c2CN(C2CCCCC2)CO1. The monoisotopic (exact) mass is 387 g/mol. The van der Waals surface area contributed by atoms with Gasteiger partial charge in [0.15, 0.2) is 5.76 Å². The standard InChI is InChI=1S/C25H25NO3/c27-24-20-14-15-22-21(16-26(17-28-22)19-11-5-2-6-12-19)25(20)29-23(24)13-7-10-18-8-3-1-4-9-18/h1,3-4,7-10,13-15,19H,2,5-6,11-12,16-17H2/b10-7+,23-13+. The first kappa shape index (κ1) is 18.2. The van der Waals surface area contributed by atoms with E-state index in [0.29, 0.717) is 29.8 Å². The van der Waals surface area contributed by atoms with Gasteiger partial charge < -0.3 is 9.47 Å². The summed E-state index contributed by atoms with van der Waals surface area (Å²) < 4.78 is 12.1. The average Bonchev–Trinajstić information content (AvgIpc) is 3.11. The number of hydrogen-bond acceptors (Lipinski definition) is 4. The number of hydrogen-bond donors (Lipinski definition) is 0. The molecule has 0 spiro atoms. The molecule has 0 atom stereocenters. The van der Waals surface area contributed by atoms with E-state index in [1.54, 1.807) is 6.08 Å². The van der Waals surface area contributed by atoms with E-state index >= 15 is 0 Å². The molecule has 0 bridgehead atoms. The zero-order chi connectivity index (χ0) is 19.6. The number of Topliss-reactive ketones (excluding diaryl/α,β-unsaturated/α-hetero) is 1. The summed E-state index contributed by atoms with van der Waals surface area (Å²) in [6.07, 6.45) is 11.9. The Balaban J connectivity index is 1.38. The maximum atomic E-state index is 12.8. The molecule has 0 aromatic heterocycles. The van der Waals surface area contributed by atoms with Crippen LogP contribution in [0.25, 0.3) is 6.08 Å². The van der Waals surface area contributed by atoms with Gasteiger partial charge in [0, 0.05) is 12.6 Å². The van der Waals surface area contributed by atoms with Crippen LogP contribution in [-0.4, -0.2) is 23.5 Å². The van der Waals surface area contributed by atoms with E-state index < -0.39 is 0 Å². The van der Waals surface area contributed by atoms with Gasteiger partial charge in [-0.25, -0.2) is 0 Å². The maximum absolute atomic E-state index is 12.8. The van der Waals surface area contributed by atoms with E-state index in [2.05, 4.69) is 4.90 Å². The largest absolute Gasteiger partial charge is 0.478 e. The molecule has 5 rings (SSSR count). The molecule has 1 aliphatic carbocycles. The van der Waals surface area contributed by atoms with E-state index in [0.717, 1.165) is 23.4 Å². The van der Waals surface area contributed by atoms with Crippen molar-refractivity contribution < 1.29 is 14.3 Å². The number of nitrogens with zero attached hydrogens (tertiary/aromatic N) is 1. The highest BCUT2D eigenvalue weighted by Gasteiger charge is 2.34. The van der Waals surface area contributed by atoms with E-state index in [9.17, 15) is 4.79 Å². The Bertz CT molecular complexity index is 971. The first-order valence-corrected chi connectivity index (χ1v) is 10.5. The van der Waals surface area contributed by atoms with E-state index in [-0.39, 0.29) is 5.78 Å². The average molecular weight is 387 g/mol. The second-order valence-electron chi connectivity index (χ2n) is 7.96. The lowest BCUT2D eigenvalue weighted by atomic mass is 9.93. The molecule has 4 nitrogen and oxygen atoms in total. The van der Waals surface area contributed by atoms with Crippen LogP contribution >= 0.6 is 0 Å². The van der Waals surface area contributed by atoms with Crippen LogP contribution in [0.4, 0.5) is 0 Å². The van der Waals surface area contributed by atoms with Crippen LogP contribution in [0.3, 0.4) is 0 Å². The summed E-state index contributed by atoms with van der Waals surface area (Å²) in [6, 6.07) is 14.3. The summed E-state index contributed by atoms with van der Waals surface area (Å²) in [4.78, 5) is 15.2. The molecule has 0 saturated heterocycles. The lowest BCUT2D eigenvalue weighted by molar-refractivity contribution is 0.0394. The van der Waals surface area contributed by atoms with E-state index in [1.165, 1.54) is 32.1 Å². The smallest absolute Gasteiger partial charge is 0.231 e. The van der Waals surface area contributed by atoms with E-state index in [4.69, 9.17) is 9.47 Å². The highest BCUT2D eigenvalue weighted by Crippen LogP contribution is 2.42. The highest BCUT2D eigenvalue weighted by atomic mass is 16.5. The Morgan fingerprint density at radius 1 is 1.00 bits per heavy atom. The molecule has 2 aromatic rings. The molecule has 29 heavy (non-hydrogen) atoms.